The van der Waals surface area contributed by atoms with E-state index in [1.807, 2.05) is 18.2 Å². The Balaban J connectivity index is 2.48. The Kier molecular flexibility index (Phi) is 10.7. The van der Waals surface area contributed by atoms with Crippen LogP contribution in [-0.2, 0) is 18.9 Å². The maximum absolute atomic E-state index is 12.0. The molecule has 6 heteroatoms. The van der Waals surface area contributed by atoms with Crippen molar-refractivity contribution in [2.24, 2.45) is 0 Å². The second-order valence-electron chi connectivity index (χ2n) is 6.02. The molecule has 1 N–H and O–H groups in total. The minimum atomic E-state index is -1.33. The SMILES string of the molecule is C=CC(O)(CCC=C(CCC=C(COC(=O)c1ccccc1)OC)OC)OC. The van der Waals surface area contributed by atoms with E-state index >= 15 is 0 Å². The van der Waals surface area contributed by atoms with Crippen molar-refractivity contribution in [1.82, 2.24) is 0 Å². The normalized spacial score (nSPS) is 14.1. The van der Waals surface area contributed by atoms with E-state index in [2.05, 4.69) is 6.58 Å². The first-order valence-corrected chi connectivity index (χ1v) is 9.07. The van der Waals surface area contributed by atoms with Gasteiger partial charge in [0.15, 0.2) is 5.79 Å². The predicted octanol–water partition coefficient (Wildman–Crippen LogP) is 3.99. The van der Waals surface area contributed by atoms with Crippen LogP contribution in [-0.4, -0.2) is 44.8 Å². The first kappa shape index (κ1) is 23.5. The highest BCUT2D eigenvalue weighted by Gasteiger charge is 2.20. The smallest absolute Gasteiger partial charge is 0.338 e. The zero-order chi connectivity index (χ0) is 20.8. The van der Waals surface area contributed by atoms with Crippen molar-refractivity contribution < 1.29 is 28.8 Å². The van der Waals surface area contributed by atoms with Gasteiger partial charge >= 0.3 is 5.97 Å². The third-order valence-corrected chi connectivity index (χ3v) is 4.19. The molecule has 1 rings (SSSR count). The highest BCUT2D eigenvalue weighted by molar-refractivity contribution is 5.89. The molecule has 0 aliphatic heterocycles. The summed E-state index contributed by atoms with van der Waals surface area (Å²) >= 11 is 0. The fraction of sp³-hybridized carbons (Fsp3) is 0.409. The summed E-state index contributed by atoms with van der Waals surface area (Å²) in [7, 11) is 4.57. The quantitative estimate of drug-likeness (QED) is 0.238. The number of carbonyl (C=O) groups is 1. The number of rotatable bonds is 13. The maximum Gasteiger partial charge on any atom is 0.338 e. The number of hydrogen-bond acceptors (Lipinski definition) is 6. The van der Waals surface area contributed by atoms with Crippen molar-refractivity contribution >= 4 is 5.97 Å². The number of aliphatic hydroxyl groups is 1. The summed E-state index contributed by atoms with van der Waals surface area (Å²) in [6, 6.07) is 8.80. The summed E-state index contributed by atoms with van der Waals surface area (Å²) in [5.74, 6) is -0.370. The van der Waals surface area contributed by atoms with Crippen LogP contribution in [0.25, 0.3) is 0 Å². The van der Waals surface area contributed by atoms with Crippen LogP contribution in [0.2, 0.25) is 0 Å². The van der Waals surface area contributed by atoms with Crippen molar-refractivity contribution in [3.63, 3.8) is 0 Å². The molecule has 154 valence electrons. The number of allylic oxidation sites excluding steroid dienone is 3. The van der Waals surface area contributed by atoms with Gasteiger partial charge in [0.25, 0.3) is 0 Å². The van der Waals surface area contributed by atoms with E-state index in [0.29, 0.717) is 37.0 Å². The van der Waals surface area contributed by atoms with E-state index in [1.54, 1.807) is 31.4 Å². The summed E-state index contributed by atoms with van der Waals surface area (Å²) in [5.41, 5.74) is 0.498. The fourth-order valence-electron chi connectivity index (χ4n) is 2.39. The number of hydrogen-bond donors (Lipinski definition) is 1. The Morgan fingerprint density at radius 1 is 1.07 bits per heavy atom. The first-order valence-electron chi connectivity index (χ1n) is 9.07. The highest BCUT2D eigenvalue weighted by Crippen LogP contribution is 2.17. The van der Waals surface area contributed by atoms with E-state index in [9.17, 15) is 9.90 Å². The topological polar surface area (TPSA) is 74.2 Å². The molecule has 1 aromatic rings. The average Bonchev–Trinajstić information content (AvgIpc) is 2.74. The molecule has 0 aliphatic carbocycles. The molecule has 1 aromatic carbocycles. The summed E-state index contributed by atoms with van der Waals surface area (Å²) < 4.78 is 20.9. The minimum Gasteiger partial charge on any atom is -0.501 e. The molecule has 28 heavy (non-hydrogen) atoms. The van der Waals surface area contributed by atoms with Crippen molar-refractivity contribution in [2.75, 3.05) is 27.9 Å². The Morgan fingerprint density at radius 2 is 1.71 bits per heavy atom. The van der Waals surface area contributed by atoms with Gasteiger partial charge in [-0.15, -0.1) is 0 Å². The molecule has 0 aliphatic rings. The molecule has 6 nitrogen and oxygen atoms in total. The number of esters is 1. The molecule has 0 saturated carbocycles. The van der Waals surface area contributed by atoms with E-state index < -0.39 is 11.8 Å². The van der Waals surface area contributed by atoms with Gasteiger partial charge < -0.3 is 24.1 Å². The van der Waals surface area contributed by atoms with E-state index in [0.717, 1.165) is 5.76 Å². The largest absolute Gasteiger partial charge is 0.501 e. The van der Waals surface area contributed by atoms with Crippen molar-refractivity contribution in [3.05, 3.63) is 72.2 Å². The number of ether oxygens (including phenoxy) is 4. The van der Waals surface area contributed by atoms with Crippen LogP contribution in [0.1, 0.15) is 36.0 Å². The van der Waals surface area contributed by atoms with Gasteiger partial charge in [-0.3, -0.25) is 0 Å². The zero-order valence-electron chi connectivity index (χ0n) is 16.8. The molecular weight excluding hydrogens is 360 g/mol. The molecule has 0 saturated heterocycles. The lowest BCUT2D eigenvalue weighted by molar-refractivity contribution is -0.149. The van der Waals surface area contributed by atoms with E-state index in [1.165, 1.54) is 20.3 Å². The molecule has 0 radical (unpaired) electrons. The average molecular weight is 390 g/mol. The Morgan fingerprint density at radius 3 is 2.29 bits per heavy atom. The van der Waals surface area contributed by atoms with Crippen LogP contribution in [0.5, 0.6) is 0 Å². The zero-order valence-corrected chi connectivity index (χ0v) is 16.8. The Labute approximate surface area is 167 Å². The summed E-state index contributed by atoms with van der Waals surface area (Å²) in [6.45, 7) is 3.63. The monoisotopic (exact) mass is 390 g/mol. The summed E-state index contributed by atoms with van der Waals surface area (Å²) in [6.07, 6.45) is 7.40. The van der Waals surface area contributed by atoms with Gasteiger partial charge in [0, 0.05) is 20.0 Å². The van der Waals surface area contributed by atoms with Crippen LogP contribution in [0.3, 0.4) is 0 Å². The number of carbonyl (C=O) groups excluding carboxylic acids is 1. The third-order valence-electron chi connectivity index (χ3n) is 4.19. The number of methoxy groups -OCH3 is 3. The van der Waals surface area contributed by atoms with Crippen LogP contribution in [0.15, 0.2) is 66.7 Å². The predicted molar refractivity (Wildman–Crippen MR) is 108 cm³/mol. The molecular formula is C22H30O6. The molecule has 0 aromatic heterocycles. The Hall–Kier alpha value is -2.57. The number of benzene rings is 1. The highest BCUT2D eigenvalue weighted by atomic mass is 16.6. The molecule has 0 heterocycles. The van der Waals surface area contributed by atoms with Crippen LogP contribution in [0, 0.1) is 0 Å². The van der Waals surface area contributed by atoms with Gasteiger partial charge in [0.1, 0.15) is 12.4 Å². The van der Waals surface area contributed by atoms with Gasteiger partial charge in [-0.25, -0.2) is 4.79 Å². The van der Waals surface area contributed by atoms with Gasteiger partial charge in [-0.05, 0) is 43.2 Å². The molecule has 0 spiro atoms. The molecule has 0 amide bonds. The lowest BCUT2D eigenvalue weighted by Gasteiger charge is -2.21. The standard InChI is InChI=1S/C22H30O6/c1-5-22(24,27-4)16-10-15-19(25-2)13-9-14-20(26-3)17-28-21(23)18-11-7-6-8-12-18/h5-8,11-12,14-15,24H,1,9-10,13,16-17H2,2-4H3. The van der Waals surface area contributed by atoms with Crippen molar-refractivity contribution in [3.8, 4) is 0 Å². The molecule has 0 fully saturated rings. The van der Waals surface area contributed by atoms with Crippen LogP contribution in [0.4, 0.5) is 0 Å². The van der Waals surface area contributed by atoms with Crippen LogP contribution >= 0.6 is 0 Å². The van der Waals surface area contributed by atoms with Gasteiger partial charge in [0.05, 0.1) is 25.5 Å². The second-order valence-corrected chi connectivity index (χ2v) is 6.02. The lowest BCUT2D eigenvalue weighted by atomic mass is 10.1. The summed E-state index contributed by atoms with van der Waals surface area (Å²) in [5, 5.41) is 10.0. The molecule has 1 unspecified atom stereocenters. The van der Waals surface area contributed by atoms with Gasteiger partial charge in [-0.1, -0.05) is 24.8 Å². The maximum atomic E-state index is 12.0. The molecule has 0 bridgehead atoms. The van der Waals surface area contributed by atoms with Gasteiger partial charge in [0.2, 0.25) is 0 Å². The van der Waals surface area contributed by atoms with Crippen molar-refractivity contribution in [2.45, 2.75) is 31.5 Å². The third kappa shape index (κ3) is 8.41. The molecule has 1 atom stereocenters. The van der Waals surface area contributed by atoms with Gasteiger partial charge in [-0.2, -0.15) is 0 Å². The van der Waals surface area contributed by atoms with E-state index in [4.69, 9.17) is 18.9 Å². The van der Waals surface area contributed by atoms with Crippen LogP contribution < -0.4 is 0 Å². The fourth-order valence-corrected chi connectivity index (χ4v) is 2.39. The second kappa shape index (κ2) is 12.8. The lowest BCUT2D eigenvalue weighted by Crippen LogP contribution is -2.27. The van der Waals surface area contributed by atoms with Crippen molar-refractivity contribution in [1.29, 1.82) is 0 Å². The first-order chi connectivity index (χ1) is 13.5. The minimum absolute atomic E-state index is 0.0659. The van der Waals surface area contributed by atoms with E-state index in [-0.39, 0.29) is 6.61 Å². The summed E-state index contributed by atoms with van der Waals surface area (Å²) in [4.78, 5) is 12.0. The Bertz CT molecular complexity index is 665.